The van der Waals surface area contributed by atoms with Crippen molar-refractivity contribution in [2.24, 2.45) is 0 Å². The topological polar surface area (TPSA) is 119 Å². The molecular weight excluding hydrogens is 492 g/mol. The van der Waals surface area contributed by atoms with Gasteiger partial charge in [-0.15, -0.1) is 10.2 Å². The van der Waals surface area contributed by atoms with Crippen LogP contribution in [0.25, 0.3) is 22.5 Å². The van der Waals surface area contributed by atoms with Crippen LogP contribution < -0.4 is 5.69 Å². The van der Waals surface area contributed by atoms with Gasteiger partial charge in [0.1, 0.15) is 0 Å². The van der Waals surface area contributed by atoms with Crippen LogP contribution in [0, 0.1) is 0 Å². The van der Waals surface area contributed by atoms with E-state index in [4.69, 9.17) is 0 Å². The molecule has 0 atom stereocenters. The number of H-pyrrole nitrogens is 1. The van der Waals surface area contributed by atoms with Crippen molar-refractivity contribution in [2.45, 2.75) is 45.7 Å². The van der Waals surface area contributed by atoms with Crippen LogP contribution in [-0.2, 0) is 25.9 Å². The first kappa shape index (κ1) is 25.8. The van der Waals surface area contributed by atoms with Crippen molar-refractivity contribution in [1.29, 1.82) is 0 Å². The number of aromatic nitrogens is 6. The Labute approximate surface area is 225 Å². The number of benzene rings is 3. The summed E-state index contributed by atoms with van der Waals surface area (Å²) in [6, 6.07) is 25.6. The molecule has 2 aromatic heterocycles. The lowest BCUT2D eigenvalue weighted by Crippen LogP contribution is -2.27. The van der Waals surface area contributed by atoms with Crippen molar-refractivity contribution >= 4 is 5.97 Å². The second-order valence-electron chi connectivity index (χ2n) is 9.44. The fourth-order valence-electron chi connectivity index (χ4n) is 4.91. The standard InChI is InChI=1S/C30H30N6O3/c1-2-3-13-26-27(29(37)38)35(19-18-21-9-5-4-6-10-21)30(39)36(26)20-22-14-16-23(17-15-22)24-11-7-8-12-25(24)28-31-33-34-32-28/h4-12,14-17H,2-3,13,18-20H2,1H3,(H,37,38)(H,31,32,33,34). The Hall–Kier alpha value is -4.79. The number of imidazole rings is 1. The first-order valence-electron chi connectivity index (χ1n) is 13.1. The Morgan fingerprint density at radius 2 is 1.59 bits per heavy atom. The fraction of sp³-hybridized carbons (Fsp3) is 0.233. The highest BCUT2D eigenvalue weighted by atomic mass is 16.4. The zero-order valence-electron chi connectivity index (χ0n) is 21.7. The number of hydrogen-bond donors (Lipinski definition) is 2. The van der Waals surface area contributed by atoms with Gasteiger partial charge in [0.25, 0.3) is 0 Å². The number of carboxylic acids is 1. The minimum Gasteiger partial charge on any atom is -0.477 e. The lowest BCUT2D eigenvalue weighted by molar-refractivity contribution is 0.0683. The number of carboxylic acid groups (broad SMARTS) is 1. The molecule has 198 valence electrons. The number of nitrogens with zero attached hydrogens (tertiary/aromatic N) is 5. The molecule has 0 unspecified atom stereocenters. The Balaban J connectivity index is 1.47. The first-order chi connectivity index (χ1) is 19.1. The molecule has 9 heteroatoms. The van der Waals surface area contributed by atoms with Gasteiger partial charge >= 0.3 is 11.7 Å². The molecule has 5 rings (SSSR count). The molecule has 0 spiro atoms. The molecule has 0 bridgehead atoms. The molecule has 0 aliphatic rings. The van der Waals surface area contributed by atoms with Crippen LogP contribution in [0.4, 0.5) is 0 Å². The highest BCUT2D eigenvalue weighted by Gasteiger charge is 2.24. The molecule has 2 N–H and O–H groups in total. The summed E-state index contributed by atoms with van der Waals surface area (Å²) < 4.78 is 3.06. The van der Waals surface area contributed by atoms with Crippen LogP contribution in [0.2, 0.25) is 0 Å². The van der Waals surface area contributed by atoms with E-state index < -0.39 is 5.97 Å². The molecule has 0 aliphatic carbocycles. The number of rotatable bonds is 11. The number of aromatic amines is 1. The Kier molecular flexibility index (Phi) is 7.77. The smallest absolute Gasteiger partial charge is 0.354 e. The normalized spacial score (nSPS) is 11.1. The van der Waals surface area contributed by atoms with Crippen molar-refractivity contribution in [2.75, 3.05) is 0 Å². The van der Waals surface area contributed by atoms with Gasteiger partial charge in [-0.05, 0) is 46.7 Å². The molecule has 2 heterocycles. The number of nitrogens with one attached hydrogen (secondary N) is 1. The van der Waals surface area contributed by atoms with Gasteiger partial charge in [-0.1, -0.05) is 92.2 Å². The molecule has 0 saturated heterocycles. The number of aromatic carboxylic acids is 1. The highest BCUT2D eigenvalue weighted by molar-refractivity contribution is 5.87. The fourth-order valence-corrected chi connectivity index (χ4v) is 4.91. The zero-order valence-corrected chi connectivity index (χ0v) is 21.7. The maximum atomic E-state index is 13.6. The van der Waals surface area contributed by atoms with E-state index in [2.05, 4.69) is 27.5 Å². The van der Waals surface area contributed by atoms with Gasteiger partial charge in [0.15, 0.2) is 5.69 Å². The minimum absolute atomic E-state index is 0.0926. The van der Waals surface area contributed by atoms with Crippen LogP contribution in [0.1, 0.15) is 47.1 Å². The highest BCUT2D eigenvalue weighted by Crippen LogP contribution is 2.30. The summed E-state index contributed by atoms with van der Waals surface area (Å²) >= 11 is 0. The van der Waals surface area contributed by atoms with Crippen LogP contribution in [0.5, 0.6) is 0 Å². The maximum absolute atomic E-state index is 13.6. The molecule has 39 heavy (non-hydrogen) atoms. The largest absolute Gasteiger partial charge is 0.477 e. The number of tetrazole rings is 1. The molecule has 0 radical (unpaired) electrons. The van der Waals surface area contributed by atoms with Crippen LogP contribution in [0.15, 0.2) is 83.7 Å². The van der Waals surface area contributed by atoms with Gasteiger partial charge in [-0.2, -0.15) is 5.21 Å². The van der Waals surface area contributed by atoms with Crippen LogP contribution in [-0.4, -0.2) is 40.8 Å². The van der Waals surface area contributed by atoms with Crippen molar-refractivity contribution < 1.29 is 9.90 Å². The average molecular weight is 523 g/mol. The van der Waals surface area contributed by atoms with Crippen LogP contribution >= 0.6 is 0 Å². The Morgan fingerprint density at radius 1 is 0.872 bits per heavy atom. The van der Waals surface area contributed by atoms with Gasteiger partial charge in [0.2, 0.25) is 5.82 Å². The number of unbranched alkanes of at least 4 members (excludes halogenated alkanes) is 1. The van der Waals surface area contributed by atoms with Gasteiger partial charge in [0.05, 0.1) is 12.2 Å². The maximum Gasteiger partial charge on any atom is 0.354 e. The third kappa shape index (κ3) is 5.57. The van der Waals surface area contributed by atoms with E-state index in [1.54, 1.807) is 4.57 Å². The summed E-state index contributed by atoms with van der Waals surface area (Å²) in [6.45, 7) is 2.66. The Bertz CT molecular complexity index is 1600. The second-order valence-corrected chi connectivity index (χ2v) is 9.44. The van der Waals surface area contributed by atoms with E-state index in [1.807, 2.05) is 78.9 Å². The van der Waals surface area contributed by atoms with E-state index in [9.17, 15) is 14.7 Å². The van der Waals surface area contributed by atoms with Crippen molar-refractivity contribution in [3.05, 3.63) is 112 Å². The third-order valence-corrected chi connectivity index (χ3v) is 6.89. The van der Waals surface area contributed by atoms with E-state index in [0.29, 0.717) is 37.4 Å². The molecule has 9 nitrogen and oxygen atoms in total. The molecule has 0 aliphatic heterocycles. The SMILES string of the molecule is CCCCc1c(C(=O)O)n(CCc2ccccc2)c(=O)n1Cc1ccc(-c2ccccc2-c2nn[nH]n2)cc1. The van der Waals surface area contributed by atoms with Gasteiger partial charge in [-0.25, -0.2) is 9.59 Å². The van der Waals surface area contributed by atoms with E-state index in [-0.39, 0.29) is 11.4 Å². The average Bonchev–Trinajstić information content (AvgIpc) is 3.59. The second kappa shape index (κ2) is 11.7. The van der Waals surface area contributed by atoms with E-state index >= 15 is 0 Å². The van der Waals surface area contributed by atoms with Crippen molar-refractivity contribution in [1.82, 2.24) is 29.8 Å². The van der Waals surface area contributed by atoms with E-state index in [0.717, 1.165) is 40.7 Å². The number of hydrogen-bond acceptors (Lipinski definition) is 5. The lowest BCUT2D eigenvalue weighted by atomic mass is 9.98. The van der Waals surface area contributed by atoms with E-state index in [1.165, 1.54) is 4.57 Å². The zero-order chi connectivity index (χ0) is 27.2. The summed E-state index contributed by atoms with van der Waals surface area (Å²) in [5, 5.41) is 24.5. The number of aryl methyl sites for hydroxylation is 1. The van der Waals surface area contributed by atoms with Gasteiger partial charge in [0, 0.05) is 12.1 Å². The molecule has 0 saturated carbocycles. The summed E-state index contributed by atoms with van der Waals surface area (Å²) in [5.41, 5.74) is 5.15. The molecule has 0 fully saturated rings. The molecule has 3 aromatic carbocycles. The predicted molar refractivity (Wildman–Crippen MR) is 149 cm³/mol. The Morgan fingerprint density at radius 3 is 2.26 bits per heavy atom. The first-order valence-corrected chi connectivity index (χ1v) is 13.1. The quantitative estimate of drug-likeness (QED) is 0.257. The summed E-state index contributed by atoms with van der Waals surface area (Å²) in [7, 11) is 0. The van der Waals surface area contributed by atoms with Gasteiger partial charge in [-0.3, -0.25) is 9.13 Å². The molecule has 5 aromatic rings. The summed E-state index contributed by atoms with van der Waals surface area (Å²) in [6.07, 6.45) is 2.81. The van der Waals surface area contributed by atoms with Gasteiger partial charge < -0.3 is 5.11 Å². The van der Waals surface area contributed by atoms with Crippen molar-refractivity contribution in [3.63, 3.8) is 0 Å². The third-order valence-electron chi connectivity index (χ3n) is 6.89. The minimum atomic E-state index is -1.07. The summed E-state index contributed by atoms with van der Waals surface area (Å²) in [5.74, 6) is -0.557. The summed E-state index contributed by atoms with van der Waals surface area (Å²) in [4.78, 5) is 26.0. The van der Waals surface area contributed by atoms with Crippen LogP contribution in [0.3, 0.4) is 0 Å². The monoisotopic (exact) mass is 522 g/mol. The number of carbonyl (C=O) groups is 1. The molecular formula is C30H30N6O3. The predicted octanol–water partition coefficient (Wildman–Crippen LogP) is 4.83. The van der Waals surface area contributed by atoms with Crippen molar-refractivity contribution in [3.8, 4) is 22.5 Å². The lowest BCUT2D eigenvalue weighted by Gasteiger charge is -2.10. The molecule has 0 amide bonds.